The number of benzene rings is 2. The lowest BCUT2D eigenvalue weighted by Gasteiger charge is -2.15. The summed E-state index contributed by atoms with van der Waals surface area (Å²) in [6.45, 7) is 6.64. The fraction of sp³-hybridized carbons (Fsp3) is 0.261. The van der Waals surface area contributed by atoms with Crippen LogP contribution >= 0.6 is 0 Å². The van der Waals surface area contributed by atoms with Crippen LogP contribution in [0.1, 0.15) is 39.8 Å². The van der Waals surface area contributed by atoms with Crippen LogP contribution in [0.2, 0.25) is 0 Å². The third-order valence-electron chi connectivity index (χ3n) is 4.77. The van der Waals surface area contributed by atoms with Gasteiger partial charge < -0.3 is 10.2 Å². The molecule has 3 aromatic rings. The number of aryl methyl sites for hydroxylation is 2. The van der Waals surface area contributed by atoms with Gasteiger partial charge in [0.15, 0.2) is 0 Å². The van der Waals surface area contributed by atoms with Gasteiger partial charge in [-0.1, -0.05) is 24.3 Å². The fourth-order valence-electron chi connectivity index (χ4n) is 3.15. The molecule has 0 saturated carbocycles. The minimum absolute atomic E-state index is 0.00105. The molecule has 150 valence electrons. The van der Waals surface area contributed by atoms with Gasteiger partial charge in [-0.05, 0) is 55.3 Å². The third-order valence-corrected chi connectivity index (χ3v) is 4.77. The van der Waals surface area contributed by atoms with E-state index in [1.165, 1.54) is 6.92 Å². The van der Waals surface area contributed by atoms with Gasteiger partial charge in [-0.25, -0.2) is 0 Å². The first-order valence-electron chi connectivity index (χ1n) is 9.54. The number of nitrogens with one attached hydrogen (secondary N) is 1. The summed E-state index contributed by atoms with van der Waals surface area (Å²) in [4.78, 5) is 25.8. The maximum atomic E-state index is 12.7. The standard InChI is InChI=1S/C23H26N4O2/c1-16-11-17(2)27(25-16)15-19-7-5-9-21(12-19)23(29)24-22-10-6-8-20(13-22)14-26(4)18(3)28/h5-13H,14-15H2,1-4H3,(H,24,29). The highest BCUT2D eigenvalue weighted by Gasteiger charge is 2.10. The first-order chi connectivity index (χ1) is 13.8. The molecule has 0 spiro atoms. The molecule has 0 fully saturated rings. The quantitative estimate of drug-likeness (QED) is 0.696. The van der Waals surface area contributed by atoms with Crippen molar-refractivity contribution >= 4 is 17.5 Å². The average Bonchev–Trinajstić information content (AvgIpc) is 2.99. The van der Waals surface area contributed by atoms with Crippen LogP contribution < -0.4 is 5.32 Å². The molecule has 2 amide bonds. The topological polar surface area (TPSA) is 67.2 Å². The predicted octanol–water partition coefficient (Wildman–Crippen LogP) is 3.78. The van der Waals surface area contributed by atoms with Crippen LogP contribution in [0.4, 0.5) is 5.69 Å². The minimum atomic E-state index is -0.169. The smallest absolute Gasteiger partial charge is 0.255 e. The van der Waals surface area contributed by atoms with Crippen molar-refractivity contribution in [1.29, 1.82) is 0 Å². The van der Waals surface area contributed by atoms with Gasteiger partial charge >= 0.3 is 0 Å². The van der Waals surface area contributed by atoms with Crippen molar-refractivity contribution in [2.75, 3.05) is 12.4 Å². The van der Waals surface area contributed by atoms with Crippen molar-refractivity contribution in [3.8, 4) is 0 Å². The molecule has 6 heteroatoms. The third kappa shape index (κ3) is 5.31. The number of rotatable bonds is 6. The predicted molar refractivity (Wildman–Crippen MR) is 114 cm³/mol. The number of carbonyl (C=O) groups excluding carboxylic acids is 2. The highest BCUT2D eigenvalue weighted by Crippen LogP contribution is 2.15. The van der Waals surface area contributed by atoms with Crippen LogP contribution in [0.5, 0.6) is 0 Å². The largest absolute Gasteiger partial charge is 0.342 e. The molecule has 0 aliphatic rings. The van der Waals surface area contributed by atoms with Crippen molar-refractivity contribution < 1.29 is 9.59 Å². The fourth-order valence-corrected chi connectivity index (χ4v) is 3.15. The van der Waals surface area contributed by atoms with E-state index in [0.29, 0.717) is 24.3 Å². The van der Waals surface area contributed by atoms with Crippen molar-refractivity contribution in [1.82, 2.24) is 14.7 Å². The first-order valence-corrected chi connectivity index (χ1v) is 9.54. The van der Waals surface area contributed by atoms with E-state index in [0.717, 1.165) is 22.5 Å². The Hall–Kier alpha value is -3.41. The van der Waals surface area contributed by atoms with Crippen molar-refractivity contribution in [3.05, 3.63) is 82.7 Å². The molecule has 0 unspecified atom stereocenters. The molecule has 0 aliphatic carbocycles. The SMILES string of the molecule is CC(=O)N(C)Cc1cccc(NC(=O)c2cccc(Cn3nc(C)cc3C)c2)c1. The Morgan fingerprint density at radius 2 is 1.76 bits per heavy atom. The van der Waals surface area contributed by atoms with Crippen LogP contribution in [0.25, 0.3) is 0 Å². The molecular formula is C23H26N4O2. The van der Waals surface area contributed by atoms with E-state index in [1.54, 1.807) is 18.0 Å². The molecule has 2 aromatic carbocycles. The van der Waals surface area contributed by atoms with Crippen LogP contribution in [0.15, 0.2) is 54.6 Å². The summed E-state index contributed by atoms with van der Waals surface area (Å²) in [5.74, 6) is -0.170. The molecule has 0 bridgehead atoms. The number of carbonyl (C=O) groups is 2. The molecule has 3 rings (SSSR count). The summed E-state index contributed by atoms with van der Waals surface area (Å²) in [5, 5.41) is 7.42. The number of anilines is 1. The molecule has 0 saturated heterocycles. The Kier molecular flexibility index (Phi) is 6.12. The van der Waals surface area contributed by atoms with Gasteiger partial charge in [0, 0.05) is 37.5 Å². The van der Waals surface area contributed by atoms with E-state index in [-0.39, 0.29) is 11.8 Å². The summed E-state index contributed by atoms with van der Waals surface area (Å²) in [6, 6.07) is 17.1. The molecular weight excluding hydrogens is 364 g/mol. The summed E-state index contributed by atoms with van der Waals surface area (Å²) in [7, 11) is 1.75. The summed E-state index contributed by atoms with van der Waals surface area (Å²) in [6.07, 6.45) is 0. The van der Waals surface area contributed by atoms with Crippen molar-refractivity contribution in [2.24, 2.45) is 0 Å². The zero-order chi connectivity index (χ0) is 21.0. The van der Waals surface area contributed by atoms with Crippen molar-refractivity contribution in [3.63, 3.8) is 0 Å². The van der Waals surface area contributed by atoms with E-state index in [4.69, 9.17) is 0 Å². The number of nitrogens with zero attached hydrogens (tertiary/aromatic N) is 3. The lowest BCUT2D eigenvalue weighted by atomic mass is 10.1. The van der Waals surface area contributed by atoms with Gasteiger partial charge in [-0.3, -0.25) is 14.3 Å². The van der Waals surface area contributed by atoms with E-state index in [2.05, 4.69) is 10.4 Å². The zero-order valence-corrected chi connectivity index (χ0v) is 17.3. The second-order valence-corrected chi connectivity index (χ2v) is 7.31. The van der Waals surface area contributed by atoms with E-state index in [9.17, 15) is 9.59 Å². The van der Waals surface area contributed by atoms with E-state index in [1.807, 2.05) is 67.1 Å². The lowest BCUT2D eigenvalue weighted by Crippen LogP contribution is -2.23. The first kappa shape index (κ1) is 20.3. The molecule has 0 radical (unpaired) electrons. The maximum absolute atomic E-state index is 12.7. The van der Waals surface area contributed by atoms with Gasteiger partial charge in [-0.15, -0.1) is 0 Å². The normalized spacial score (nSPS) is 10.6. The maximum Gasteiger partial charge on any atom is 0.255 e. The Bertz CT molecular complexity index is 1040. The Labute approximate surface area is 171 Å². The highest BCUT2D eigenvalue weighted by atomic mass is 16.2. The number of amides is 2. The Morgan fingerprint density at radius 3 is 2.45 bits per heavy atom. The summed E-state index contributed by atoms with van der Waals surface area (Å²) < 4.78 is 1.93. The Balaban J connectivity index is 1.71. The Morgan fingerprint density at radius 1 is 1.03 bits per heavy atom. The second kappa shape index (κ2) is 8.73. The number of hydrogen-bond acceptors (Lipinski definition) is 3. The monoisotopic (exact) mass is 390 g/mol. The highest BCUT2D eigenvalue weighted by molar-refractivity contribution is 6.04. The molecule has 0 aliphatic heterocycles. The average molecular weight is 390 g/mol. The van der Waals surface area contributed by atoms with Crippen LogP contribution in [0, 0.1) is 13.8 Å². The van der Waals surface area contributed by atoms with Crippen LogP contribution in [-0.4, -0.2) is 33.5 Å². The molecule has 6 nitrogen and oxygen atoms in total. The molecule has 0 atom stereocenters. The molecule has 1 N–H and O–H groups in total. The molecule has 29 heavy (non-hydrogen) atoms. The number of hydrogen-bond donors (Lipinski definition) is 1. The van der Waals surface area contributed by atoms with Crippen LogP contribution in [0.3, 0.4) is 0 Å². The summed E-state index contributed by atoms with van der Waals surface area (Å²) in [5.41, 5.74) is 5.33. The van der Waals surface area contributed by atoms with Gasteiger partial charge in [0.25, 0.3) is 5.91 Å². The number of aromatic nitrogens is 2. The van der Waals surface area contributed by atoms with Gasteiger partial charge in [0.1, 0.15) is 0 Å². The minimum Gasteiger partial charge on any atom is -0.342 e. The molecule has 1 heterocycles. The summed E-state index contributed by atoms with van der Waals surface area (Å²) >= 11 is 0. The molecule has 1 aromatic heterocycles. The van der Waals surface area contributed by atoms with Gasteiger partial charge in [0.2, 0.25) is 5.91 Å². The van der Waals surface area contributed by atoms with E-state index >= 15 is 0 Å². The van der Waals surface area contributed by atoms with E-state index < -0.39 is 0 Å². The van der Waals surface area contributed by atoms with Gasteiger partial charge in [0.05, 0.1) is 12.2 Å². The second-order valence-electron chi connectivity index (χ2n) is 7.31. The zero-order valence-electron chi connectivity index (χ0n) is 17.3. The van der Waals surface area contributed by atoms with Crippen LogP contribution in [-0.2, 0) is 17.9 Å². The van der Waals surface area contributed by atoms with Gasteiger partial charge in [-0.2, -0.15) is 5.10 Å². The lowest BCUT2D eigenvalue weighted by molar-refractivity contribution is -0.128. The van der Waals surface area contributed by atoms with Crippen molar-refractivity contribution in [2.45, 2.75) is 33.9 Å².